The van der Waals surface area contributed by atoms with Gasteiger partial charge in [0.1, 0.15) is 18.2 Å². The number of hydrogen-bond acceptors (Lipinski definition) is 4. The van der Waals surface area contributed by atoms with E-state index in [4.69, 9.17) is 5.73 Å². The Bertz CT molecular complexity index is 693. The summed E-state index contributed by atoms with van der Waals surface area (Å²) in [5.74, 6) is -0.749. The number of rotatable bonds is 2. The molecule has 0 aromatic carbocycles. The van der Waals surface area contributed by atoms with Gasteiger partial charge in [-0.25, -0.2) is 0 Å². The summed E-state index contributed by atoms with van der Waals surface area (Å²) in [7, 11) is 0. The summed E-state index contributed by atoms with van der Waals surface area (Å²) >= 11 is 0. The smallest absolute Gasteiger partial charge is 0.348 e. The first-order valence-electron chi connectivity index (χ1n) is 6.42. The number of pyridine rings is 1. The number of aromatic amines is 1. The molecule has 0 fully saturated rings. The molecule has 22 heavy (non-hydrogen) atoms. The van der Waals surface area contributed by atoms with Crippen molar-refractivity contribution in [2.24, 2.45) is 10.7 Å². The van der Waals surface area contributed by atoms with E-state index in [1.54, 1.807) is 30.6 Å². The Labute approximate surface area is 123 Å². The van der Waals surface area contributed by atoms with Gasteiger partial charge in [0.05, 0.1) is 5.56 Å². The quantitative estimate of drug-likeness (QED) is 0.676. The summed E-state index contributed by atoms with van der Waals surface area (Å²) in [5.41, 5.74) is 7.30. The van der Waals surface area contributed by atoms with Crippen molar-refractivity contribution in [2.45, 2.75) is 12.0 Å². The molecule has 2 aromatic heterocycles. The van der Waals surface area contributed by atoms with Crippen LogP contribution in [0.1, 0.15) is 11.1 Å². The number of halogens is 3. The number of aromatic nitrogens is 2. The maximum atomic E-state index is 12.4. The van der Waals surface area contributed by atoms with Gasteiger partial charge in [-0.05, 0) is 12.1 Å². The maximum absolute atomic E-state index is 12.4. The zero-order valence-corrected chi connectivity index (χ0v) is 11.3. The highest BCUT2D eigenvalue weighted by atomic mass is 19.4. The number of nitrogens with two attached hydrogens (primary N) is 1. The minimum Gasteiger partial charge on any atom is -0.348 e. The molecule has 0 radical (unpaired) electrons. The summed E-state index contributed by atoms with van der Waals surface area (Å²) < 4.78 is 37.3. The minimum absolute atomic E-state index is 0.0682. The topological polar surface area (TPSA) is 91.1 Å². The summed E-state index contributed by atoms with van der Waals surface area (Å²) in [6.45, 7) is -1.29. The Morgan fingerprint density at radius 1 is 1.27 bits per heavy atom. The van der Waals surface area contributed by atoms with Crippen molar-refractivity contribution < 1.29 is 13.2 Å². The largest absolute Gasteiger partial charge is 0.408 e. The van der Waals surface area contributed by atoms with Crippen LogP contribution < -0.4 is 16.4 Å². The van der Waals surface area contributed by atoms with Gasteiger partial charge in [0, 0.05) is 24.2 Å². The molecule has 1 aliphatic rings. The van der Waals surface area contributed by atoms with Crippen molar-refractivity contribution in [2.75, 3.05) is 11.9 Å². The summed E-state index contributed by atoms with van der Waals surface area (Å²) in [4.78, 5) is 10.5. The van der Waals surface area contributed by atoms with Crippen LogP contribution in [0.4, 0.5) is 19.0 Å². The van der Waals surface area contributed by atoms with Crippen molar-refractivity contribution >= 4 is 11.7 Å². The molecule has 0 spiro atoms. The first-order chi connectivity index (χ1) is 10.4. The number of hydrogen-bond donors (Lipinski definition) is 4. The van der Waals surface area contributed by atoms with Gasteiger partial charge in [0.2, 0.25) is 0 Å². The van der Waals surface area contributed by atoms with E-state index in [1.807, 2.05) is 0 Å². The highest BCUT2D eigenvalue weighted by Gasteiger charge is 2.36. The number of anilines is 1. The number of nitrogens with one attached hydrogen (secondary N) is 3. The van der Waals surface area contributed by atoms with Crippen molar-refractivity contribution in [1.29, 1.82) is 0 Å². The van der Waals surface area contributed by atoms with Gasteiger partial charge in [-0.3, -0.25) is 15.7 Å². The van der Waals surface area contributed by atoms with Crippen LogP contribution in [0.15, 0.2) is 41.8 Å². The van der Waals surface area contributed by atoms with E-state index in [0.29, 0.717) is 16.9 Å². The van der Waals surface area contributed by atoms with Gasteiger partial charge in [0.15, 0.2) is 5.79 Å². The molecule has 0 bridgehead atoms. The minimum atomic E-state index is -4.39. The SMILES string of the molecule is NC1(c2cccnc2)NC(=NCC(F)(F)F)c2cc[nH]c2N1. The van der Waals surface area contributed by atoms with Crippen LogP contribution >= 0.6 is 0 Å². The second-order valence-corrected chi connectivity index (χ2v) is 4.85. The van der Waals surface area contributed by atoms with Crippen LogP contribution in [-0.2, 0) is 5.79 Å². The fourth-order valence-electron chi connectivity index (χ4n) is 2.19. The molecule has 2 aromatic rings. The van der Waals surface area contributed by atoms with Crippen LogP contribution in [0.2, 0.25) is 0 Å². The molecule has 1 aliphatic heterocycles. The Kier molecular flexibility index (Phi) is 3.28. The molecule has 1 unspecified atom stereocenters. The Morgan fingerprint density at radius 2 is 2.09 bits per heavy atom. The molecule has 3 rings (SSSR count). The zero-order valence-electron chi connectivity index (χ0n) is 11.3. The van der Waals surface area contributed by atoms with Crippen molar-refractivity contribution in [3.63, 3.8) is 0 Å². The fraction of sp³-hybridized carbons (Fsp3) is 0.231. The summed E-state index contributed by atoms with van der Waals surface area (Å²) in [6, 6.07) is 5.01. The third kappa shape index (κ3) is 2.75. The lowest BCUT2D eigenvalue weighted by Crippen LogP contribution is -2.61. The Balaban J connectivity index is 1.99. The Morgan fingerprint density at radius 3 is 2.77 bits per heavy atom. The highest BCUT2D eigenvalue weighted by Crippen LogP contribution is 2.27. The van der Waals surface area contributed by atoms with E-state index in [9.17, 15) is 13.2 Å². The third-order valence-electron chi connectivity index (χ3n) is 3.17. The second kappa shape index (κ2) is 5.02. The molecule has 0 saturated heterocycles. The molecule has 0 amide bonds. The number of amidine groups is 1. The normalized spacial score (nSPS) is 22.8. The van der Waals surface area contributed by atoms with Gasteiger partial charge in [-0.15, -0.1) is 0 Å². The Hall–Kier alpha value is -2.55. The molecule has 0 aliphatic carbocycles. The van der Waals surface area contributed by atoms with E-state index in [0.717, 1.165) is 0 Å². The van der Waals surface area contributed by atoms with Crippen LogP contribution in [-0.4, -0.2) is 28.5 Å². The average molecular weight is 310 g/mol. The van der Waals surface area contributed by atoms with Gasteiger partial charge >= 0.3 is 6.18 Å². The van der Waals surface area contributed by atoms with Crippen LogP contribution in [0.25, 0.3) is 0 Å². The lowest BCUT2D eigenvalue weighted by molar-refractivity contribution is -0.118. The monoisotopic (exact) mass is 310 g/mol. The number of alkyl halides is 3. The predicted molar refractivity (Wildman–Crippen MR) is 75.1 cm³/mol. The molecule has 6 nitrogen and oxygen atoms in total. The van der Waals surface area contributed by atoms with E-state index >= 15 is 0 Å². The number of aliphatic imine (C=N–C) groups is 1. The van der Waals surface area contributed by atoms with Crippen molar-refractivity contribution in [3.05, 3.63) is 47.9 Å². The second-order valence-electron chi connectivity index (χ2n) is 4.85. The van der Waals surface area contributed by atoms with Gasteiger partial charge in [-0.2, -0.15) is 13.2 Å². The van der Waals surface area contributed by atoms with Crippen molar-refractivity contribution in [3.8, 4) is 0 Å². The van der Waals surface area contributed by atoms with E-state index in [1.165, 1.54) is 6.20 Å². The summed E-state index contributed by atoms with van der Waals surface area (Å²) in [6.07, 6.45) is 0.308. The number of H-pyrrole nitrogens is 1. The highest BCUT2D eigenvalue weighted by molar-refractivity contribution is 6.05. The standard InChI is InChI=1S/C13H13F3N6/c14-12(15,16)7-20-11-9-3-5-19-10(9)21-13(17,22-11)8-2-1-4-18-6-8/h1-6,19,21H,7,17H2,(H,20,22). The molecule has 116 valence electrons. The van der Waals surface area contributed by atoms with E-state index in [2.05, 4.69) is 25.6 Å². The van der Waals surface area contributed by atoms with Gasteiger partial charge < -0.3 is 15.6 Å². The van der Waals surface area contributed by atoms with E-state index < -0.39 is 18.5 Å². The first kappa shape index (κ1) is 14.4. The fourth-order valence-corrected chi connectivity index (χ4v) is 2.19. The molecule has 5 N–H and O–H groups in total. The molecule has 3 heterocycles. The van der Waals surface area contributed by atoms with Gasteiger partial charge in [0.25, 0.3) is 0 Å². The van der Waals surface area contributed by atoms with Crippen LogP contribution in [0.3, 0.4) is 0 Å². The predicted octanol–water partition coefficient (Wildman–Crippen LogP) is 1.50. The van der Waals surface area contributed by atoms with Crippen LogP contribution in [0.5, 0.6) is 0 Å². The number of fused-ring (bicyclic) bond motifs is 1. The average Bonchev–Trinajstić information content (AvgIpc) is 2.93. The summed E-state index contributed by atoms with van der Waals surface area (Å²) in [5, 5.41) is 5.82. The van der Waals surface area contributed by atoms with Crippen molar-refractivity contribution in [1.82, 2.24) is 15.3 Å². The zero-order chi connectivity index (χ0) is 15.8. The first-order valence-corrected chi connectivity index (χ1v) is 6.42. The van der Waals surface area contributed by atoms with Gasteiger partial charge in [-0.1, -0.05) is 6.07 Å². The lowest BCUT2D eigenvalue weighted by Gasteiger charge is -2.37. The third-order valence-corrected chi connectivity index (χ3v) is 3.17. The molecule has 0 saturated carbocycles. The molecule has 1 atom stereocenters. The van der Waals surface area contributed by atoms with Crippen LogP contribution in [0, 0.1) is 0 Å². The lowest BCUT2D eigenvalue weighted by atomic mass is 10.1. The molecular weight excluding hydrogens is 297 g/mol. The van der Waals surface area contributed by atoms with E-state index in [-0.39, 0.29) is 5.84 Å². The molecule has 9 heteroatoms. The number of nitrogens with zero attached hydrogens (tertiary/aromatic N) is 2. The molecular formula is C13H13F3N6. The maximum Gasteiger partial charge on any atom is 0.408 e.